The predicted molar refractivity (Wildman–Crippen MR) is 395 cm³/mol. The van der Waals surface area contributed by atoms with E-state index < -0.39 is 97.5 Å². The van der Waals surface area contributed by atoms with Crippen molar-refractivity contribution in [3.05, 3.63) is 0 Å². The summed E-state index contributed by atoms with van der Waals surface area (Å²) >= 11 is 0. The molecule has 0 rings (SSSR count). The van der Waals surface area contributed by atoms with E-state index in [9.17, 15) is 43.2 Å². The predicted octanol–water partition coefficient (Wildman–Crippen LogP) is 23.3. The third-order valence-electron chi connectivity index (χ3n) is 18.3. The quantitative estimate of drug-likeness (QED) is 0.0222. The van der Waals surface area contributed by atoms with Crippen LogP contribution >= 0.6 is 15.6 Å². The number of hydrogen-bond donors (Lipinski definition) is 3. The number of carbonyl (C=O) groups is 4. The molecule has 97 heavy (non-hydrogen) atoms. The average Bonchev–Trinajstić information content (AvgIpc) is 1.45. The Morgan fingerprint density at radius 2 is 0.474 bits per heavy atom. The Morgan fingerprint density at radius 1 is 0.278 bits per heavy atom. The van der Waals surface area contributed by atoms with Gasteiger partial charge in [0.2, 0.25) is 0 Å². The summed E-state index contributed by atoms with van der Waals surface area (Å²) in [4.78, 5) is 72.8. The summed E-state index contributed by atoms with van der Waals surface area (Å²) in [6, 6.07) is 0. The lowest BCUT2D eigenvalue weighted by Gasteiger charge is -2.21. The number of phosphoric acid groups is 2. The highest BCUT2D eigenvalue weighted by atomic mass is 31.2. The molecule has 0 aromatic rings. The molecule has 0 aliphatic carbocycles. The van der Waals surface area contributed by atoms with Crippen molar-refractivity contribution in [3.8, 4) is 0 Å². The zero-order chi connectivity index (χ0) is 71.2. The van der Waals surface area contributed by atoms with E-state index in [0.29, 0.717) is 31.6 Å². The number of phosphoric ester groups is 2. The third-order valence-corrected chi connectivity index (χ3v) is 20.2. The number of ether oxygens (including phenoxy) is 4. The molecule has 0 spiro atoms. The van der Waals surface area contributed by atoms with Crippen molar-refractivity contribution in [1.29, 1.82) is 0 Å². The molecule has 0 heterocycles. The second-order valence-corrected chi connectivity index (χ2v) is 31.5. The topological polar surface area (TPSA) is 237 Å². The van der Waals surface area contributed by atoms with Gasteiger partial charge in [-0.2, -0.15) is 0 Å². The van der Waals surface area contributed by atoms with Crippen molar-refractivity contribution in [1.82, 2.24) is 0 Å². The van der Waals surface area contributed by atoms with E-state index in [1.54, 1.807) is 0 Å². The van der Waals surface area contributed by atoms with E-state index >= 15 is 0 Å². The van der Waals surface area contributed by atoms with Gasteiger partial charge in [0, 0.05) is 25.7 Å². The fourth-order valence-corrected chi connectivity index (χ4v) is 13.6. The van der Waals surface area contributed by atoms with Gasteiger partial charge in [-0.25, -0.2) is 9.13 Å². The molecule has 0 aromatic heterocycles. The normalized spacial score (nSPS) is 13.9. The van der Waals surface area contributed by atoms with Crippen molar-refractivity contribution in [3.63, 3.8) is 0 Å². The fourth-order valence-electron chi connectivity index (χ4n) is 12.1. The van der Waals surface area contributed by atoms with Crippen LogP contribution in [0, 0.1) is 5.92 Å². The first-order chi connectivity index (χ1) is 47.0. The van der Waals surface area contributed by atoms with Gasteiger partial charge >= 0.3 is 39.5 Å². The van der Waals surface area contributed by atoms with Gasteiger partial charge in [0.15, 0.2) is 12.2 Å². The summed E-state index contributed by atoms with van der Waals surface area (Å²) in [5.41, 5.74) is 0. The molecule has 0 fully saturated rings. The highest BCUT2D eigenvalue weighted by Crippen LogP contribution is 2.45. The molecule has 17 nitrogen and oxygen atoms in total. The standard InChI is InChI=1S/C78H152O17P2/c1-6-9-12-15-18-21-24-26-28-30-31-32-33-35-37-39-41-44-47-54-59-64-78(83)94-73(67-88-75(80)61-56-51-45-43-40-38-36-34-29-27-25-22-19-16-13-10-7-2)69-92-96(84,85)90-65-72(79)66-91-97(86,87)93-70-74(68-89-76(81)62-57-52-49-48-50-55-60-71(4)5)95-77(82)63-58-53-46-42-23-20-17-14-11-8-3/h71-74,79H,6-70H2,1-5H3,(H,84,85)(H,86,87)/t72-,73-,74-/m1/s1. The average molecular weight is 1420 g/mol. The van der Waals surface area contributed by atoms with Gasteiger partial charge in [0.1, 0.15) is 19.3 Å². The van der Waals surface area contributed by atoms with Crippen molar-refractivity contribution in [2.24, 2.45) is 5.92 Å². The summed E-state index contributed by atoms with van der Waals surface area (Å²) in [7, 11) is -9.91. The second kappa shape index (κ2) is 71.1. The fraction of sp³-hybridized carbons (Fsp3) is 0.949. The van der Waals surface area contributed by atoms with E-state index in [1.807, 2.05) is 0 Å². The smallest absolute Gasteiger partial charge is 0.462 e. The van der Waals surface area contributed by atoms with E-state index in [1.165, 1.54) is 231 Å². The van der Waals surface area contributed by atoms with Gasteiger partial charge in [0.05, 0.1) is 26.4 Å². The van der Waals surface area contributed by atoms with E-state index in [4.69, 9.17) is 37.0 Å². The Hall–Kier alpha value is -1.94. The highest BCUT2D eigenvalue weighted by molar-refractivity contribution is 7.47. The number of esters is 4. The summed E-state index contributed by atoms with van der Waals surface area (Å²) in [5, 5.41) is 10.6. The number of hydrogen-bond acceptors (Lipinski definition) is 15. The Labute approximate surface area is 594 Å². The molecule has 3 N–H and O–H groups in total. The van der Waals surface area contributed by atoms with Crippen LogP contribution in [0.1, 0.15) is 413 Å². The van der Waals surface area contributed by atoms with E-state index in [2.05, 4.69) is 34.6 Å². The Morgan fingerprint density at radius 3 is 0.701 bits per heavy atom. The van der Waals surface area contributed by atoms with Crippen LogP contribution in [0.4, 0.5) is 0 Å². The van der Waals surface area contributed by atoms with Crippen LogP contribution < -0.4 is 0 Å². The molecular weight excluding hydrogens is 1270 g/mol. The molecule has 2 unspecified atom stereocenters. The lowest BCUT2D eigenvalue weighted by molar-refractivity contribution is -0.161. The van der Waals surface area contributed by atoms with Gasteiger partial charge < -0.3 is 33.8 Å². The molecule has 576 valence electrons. The van der Waals surface area contributed by atoms with Crippen LogP contribution in [0.5, 0.6) is 0 Å². The van der Waals surface area contributed by atoms with E-state index in [0.717, 1.165) is 96.3 Å². The van der Waals surface area contributed by atoms with Crippen molar-refractivity contribution in [2.45, 2.75) is 432 Å². The van der Waals surface area contributed by atoms with Crippen LogP contribution in [-0.2, 0) is 65.4 Å². The number of aliphatic hydroxyl groups is 1. The lowest BCUT2D eigenvalue weighted by Crippen LogP contribution is -2.30. The lowest BCUT2D eigenvalue weighted by atomic mass is 10.0. The summed E-state index contributed by atoms with van der Waals surface area (Å²) in [6.07, 6.45) is 61.4. The number of aliphatic hydroxyl groups excluding tert-OH is 1. The van der Waals surface area contributed by atoms with Crippen LogP contribution in [0.25, 0.3) is 0 Å². The first kappa shape index (κ1) is 95.1. The molecule has 19 heteroatoms. The van der Waals surface area contributed by atoms with Gasteiger partial charge in [0.25, 0.3) is 0 Å². The molecule has 0 aromatic carbocycles. The largest absolute Gasteiger partial charge is 0.472 e. The molecule has 0 saturated carbocycles. The number of unbranched alkanes of at least 4 members (excludes halogenated alkanes) is 50. The summed E-state index contributed by atoms with van der Waals surface area (Å²) < 4.78 is 68.5. The first-order valence-electron chi connectivity index (χ1n) is 40.6. The Balaban J connectivity index is 5.18. The van der Waals surface area contributed by atoms with Crippen LogP contribution in [0.15, 0.2) is 0 Å². The molecule has 0 bridgehead atoms. The first-order valence-corrected chi connectivity index (χ1v) is 43.6. The van der Waals surface area contributed by atoms with Crippen LogP contribution in [0.3, 0.4) is 0 Å². The summed E-state index contributed by atoms with van der Waals surface area (Å²) in [6.45, 7) is 7.21. The van der Waals surface area contributed by atoms with Gasteiger partial charge in [-0.05, 0) is 31.6 Å². The van der Waals surface area contributed by atoms with Crippen LogP contribution in [0.2, 0.25) is 0 Å². The molecule has 0 saturated heterocycles. The van der Waals surface area contributed by atoms with Crippen LogP contribution in [-0.4, -0.2) is 96.7 Å². The Kier molecular flexibility index (Phi) is 69.6. The second-order valence-electron chi connectivity index (χ2n) is 28.6. The Bertz CT molecular complexity index is 1860. The summed E-state index contributed by atoms with van der Waals surface area (Å²) in [5.74, 6) is -1.43. The SMILES string of the molecule is CCCCCCCCCCCCCCCCCCCCCCCC(=O)O[C@H](COC(=O)CCCCCCCCCCCCCCCCCCC)COP(=O)(O)OC[C@@H](O)COP(=O)(O)OC[C@@H](COC(=O)CCCCCCCCC(C)C)OC(=O)CCCCCCCCCCCC. The molecular formula is C78H152O17P2. The minimum Gasteiger partial charge on any atom is -0.462 e. The van der Waals surface area contributed by atoms with E-state index in [-0.39, 0.29) is 25.7 Å². The molecule has 0 radical (unpaired) electrons. The maximum absolute atomic E-state index is 13.1. The highest BCUT2D eigenvalue weighted by Gasteiger charge is 2.30. The third kappa shape index (κ3) is 72.2. The zero-order valence-electron chi connectivity index (χ0n) is 63.2. The maximum Gasteiger partial charge on any atom is 0.472 e. The molecule has 0 aliphatic rings. The van der Waals surface area contributed by atoms with Crippen molar-refractivity contribution >= 4 is 39.5 Å². The minimum absolute atomic E-state index is 0.106. The van der Waals surface area contributed by atoms with Gasteiger partial charge in [-0.3, -0.25) is 37.3 Å². The van der Waals surface area contributed by atoms with Gasteiger partial charge in [-0.1, -0.05) is 362 Å². The molecule has 5 atom stereocenters. The maximum atomic E-state index is 13.1. The van der Waals surface area contributed by atoms with Gasteiger partial charge in [-0.15, -0.1) is 0 Å². The number of rotatable bonds is 78. The van der Waals surface area contributed by atoms with Crippen molar-refractivity contribution in [2.75, 3.05) is 39.6 Å². The zero-order valence-corrected chi connectivity index (χ0v) is 65.0. The molecule has 0 amide bonds. The number of carbonyl (C=O) groups excluding carboxylic acids is 4. The molecule has 0 aliphatic heterocycles. The monoisotopic (exact) mass is 1420 g/mol. The van der Waals surface area contributed by atoms with Crippen molar-refractivity contribution < 1.29 is 80.2 Å². The minimum atomic E-state index is -4.96.